The molecule has 3 aromatic rings. The molecule has 0 spiro atoms. The predicted molar refractivity (Wildman–Crippen MR) is 146 cm³/mol. The Morgan fingerprint density at radius 2 is 1.92 bits per heavy atom. The van der Waals surface area contributed by atoms with Crippen molar-refractivity contribution in [3.05, 3.63) is 94.9 Å². The Morgan fingerprint density at radius 1 is 1.21 bits per heavy atom. The van der Waals surface area contributed by atoms with Gasteiger partial charge in [-0.05, 0) is 30.7 Å². The van der Waals surface area contributed by atoms with E-state index in [-0.39, 0.29) is 47.8 Å². The summed E-state index contributed by atoms with van der Waals surface area (Å²) < 4.78 is 20.3. The van der Waals surface area contributed by atoms with E-state index in [0.717, 1.165) is 5.56 Å². The number of rotatable bonds is 6. The summed E-state index contributed by atoms with van der Waals surface area (Å²) in [5.74, 6) is 4.80. The molecule has 202 valence electrons. The minimum Gasteiger partial charge on any atom is -0.472 e. The van der Waals surface area contributed by atoms with Crippen LogP contribution < -0.4 is 4.74 Å². The summed E-state index contributed by atoms with van der Waals surface area (Å²) in [4.78, 5) is 34.1. The molecule has 1 N–H and O–H groups in total. The van der Waals surface area contributed by atoms with Crippen molar-refractivity contribution >= 4 is 11.8 Å². The van der Waals surface area contributed by atoms with Crippen molar-refractivity contribution in [2.75, 3.05) is 26.7 Å². The molecule has 0 radical (unpaired) electrons. The van der Waals surface area contributed by atoms with Crippen molar-refractivity contribution in [2.24, 2.45) is 5.92 Å². The molecule has 1 aromatic heterocycles. The number of aliphatic hydroxyl groups excluding tert-OH is 1. The van der Waals surface area contributed by atoms with Crippen LogP contribution in [0.15, 0.2) is 66.9 Å². The molecule has 1 aliphatic rings. The SMILES string of the molecule is C[C@H](CO)N1C[C@H](C)[C@H](CN(C)C(=O)Cc2ccccc2)Oc2ncc(C#Cc3ccccc3F)cc2C1=O. The van der Waals surface area contributed by atoms with Gasteiger partial charge < -0.3 is 19.6 Å². The third-order valence-corrected chi connectivity index (χ3v) is 6.81. The highest BCUT2D eigenvalue weighted by Gasteiger charge is 2.34. The van der Waals surface area contributed by atoms with Crippen molar-refractivity contribution in [2.45, 2.75) is 32.4 Å². The maximum Gasteiger partial charge on any atom is 0.259 e. The number of hydrogen-bond acceptors (Lipinski definition) is 5. The molecular weight excluding hydrogens is 497 g/mol. The Balaban J connectivity index is 1.62. The third kappa shape index (κ3) is 6.81. The fourth-order valence-corrected chi connectivity index (χ4v) is 4.37. The topological polar surface area (TPSA) is 83.0 Å². The van der Waals surface area contributed by atoms with Gasteiger partial charge in [0.05, 0.1) is 31.2 Å². The fourth-order valence-electron chi connectivity index (χ4n) is 4.37. The maximum atomic E-state index is 14.0. The van der Waals surface area contributed by atoms with E-state index < -0.39 is 18.0 Å². The summed E-state index contributed by atoms with van der Waals surface area (Å²) >= 11 is 0. The predicted octanol–water partition coefficient (Wildman–Crippen LogP) is 3.54. The monoisotopic (exact) mass is 529 g/mol. The van der Waals surface area contributed by atoms with Gasteiger partial charge in [0.15, 0.2) is 0 Å². The number of carbonyl (C=O) groups excluding carboxylic acids is 2. The van der Waals surface area contributed by atoms with Gasteiger partial charge in [-0.25, -0.2) is 9.37 Å². The number of amides is 2. The number of carbonyl (C=O) groups is 2. The van der Waals surface area contributed by atoms with E-state index in [1.165, 1.54) is 12.3 Å². The fraction of sp³-hybridized carbons (Fsp3) is 0.323. The highest BCUT2D eigenvalue weighted by Crippen LogP contribution is 2.27. The van der Waals surface area contributed by atoms with Crippen molar-refractivity contribution < 1.29 is 23.8 Å². The molecule has 7 nitrogen and oxygen atoms in total. The Kier molecular flexibility index (Phi) is 8.95. The minimum absolute atomic E-state index is 0.0531. The summed E-state index contributed by atoms with van der Waals surface area (Å²) in [7, 11) is 1.73. The zero-order valence-corrected chi connectivity index (χ0v) is 22.3. The summed E-state index contributed by atoms with van der Waals surface area (Å²) in [6, 6.07) is 16.8. The number of halogens is 1. The Hall–Kier alpha value is -4.22. The first-order valence-electron chi connectivity index (χ1n) is 12.9. The summed E-state index contributed by atoms with van der Waals surface area (Å²) in [5, 5.41) is 9.86. The Bertz CT molecular complexity index is 1390. The molecule has 0 unspecified atom stereocenters. The van der Waals surface area contributed by atoms with E-state index in [4.69, 9.17) is 4.74 Å². The quantitative estimate of drug-likeness (QED) is 0.494. The molecule has 3 atom stereocenters. The molecule has 4 rings (SSSR count). The van der Waals surface area contributed by atoms with Crippen molar-refractivity contribution in [1.82, 2.24) is 14.8 Å². The van der Waals surface area contributed by atoms with E-state index in [0.29, 0.717) is 18.7 Å². The number of benzene rings is 2. The average molecular weight is 530 g/mol. The standard InChI is InChI=1S/C31H32FN3O4/c1-21-18-35(22(2)20-36)31(38)26-15-24(13-14-25-11-7-8-12-27(25)32)17-33-30(26)39-28(21)19-34(3)29(37)16-23-9-5-4-6-10-23/h4-12,15,17,21-22,28,36H,16,18-20H2,1-3H3/t21-,22+,28-/m0/s1. The molecule has 39 heavy (non-hydrogen) atoms. The molecule has 2 heterocycles. The average Bonchev–Trinajstić information content (AvgIpc) is 2.94. The highest BCUT2D eigenvalue weighted by atomic mass is 19.1. The van der Waals surface area contributed by atoms with E-state index in [1.54, 1.807) is 48.0 Å². The second-order valence-corrected chi connectivity index (χ2v) is 9.87. The number of hydrogen-bond donors (Lipinski definition) is 1. The van der Waals surface area contributed by atoms with Gasteiger partial charge in [-0.1, -0.05) is 61.2 Å². The molecule has 0 saturated carbocycles. The van der Waals surface area contributed by atoms with Gasteiger partial charge in [0.1, 0.15) is 17.5 Å². The van der Waals surface area contributed by atoms with E-state index >= 15 is 0 Å². The minimum atomic E-state index is -0.460. The van der Waals surface area contributed by atoms with Gasteiger partial charge in [0.2, 0.25) is 11.8 Å². The zero-order chi connectivity index (χ0) is 27.9. The molecule has 2 aromatic carbocycles. The molecule has 8 heteroatoms. The number of aliphatic hydroxyl groups is 1. The van der Waals surface area contributed by atoms with Gasteiger partial charge >= 0.3 is 0 Å². The van der Waals surface area contributed by atoms with Crippen LogP contribution in [-0.4, -0.2) is 70.6 Å². The van der Waals surface area contributed by atoms with Crippen LogP contribution in [0.1, 0.15) is 40.9 Å². The van der Waals surface area contributed by atoms with Crippen LogP contribution in [0.5, 0.6) is 5.88 Å². The van der Waals surface area contributed by atoms with Crippen LogP contribution in [0.3, 0.4) is 0 Å². The first-order valence-corrected chi connectivity index (χ1v) is 12.9. The van der Waals surface area contributed by atoms with E-state index in [1.807, 2.05) is 37.3 Å². The molecular formula is C31H32FN3O4. The summed E-state index contributed by atoms with van der Waals surface area (Å²) in [6.07, 6.45) is 1.29. The lowest BCUT2D eigenvalue weighted by Crippen LogP contribution is -2.50. The Labute approximate surface area is 228 Å². The van der Waals surface area contributed by atoms with Crippen LogP contribution in [0.25, 0.3) is 0 Å². The zero-order valence-electron chi connectivity index (χ0n) is 22.3. The van der Waals surface area contributed by atoms with E-state index in [2.05, 4.69) is 16.8 Å². The summed E-state index contributed by atoms with van der Waals surface area (Å²) in [6.45, 7) is 4.11. The molecule has 0 aliphatic carbocycles. The third-order valence-electron chi connectivity index (χ3n) is 6.81. The van der Waals surface area contributed by atoms with Crippen molar-refractivity contribution in [3.8, 4) is 17.7 Å². The second kappa shape index (κ2) is 12.5. The number of ether oxygens (including phenoxy) is 1. The van der Waals surface area contributed by atoms with Crippen LogP contribution in [0, 0.1) is 23.6 Å². The molecule has 0 bridgehead atoms. The normalized spacial score (nSPS) is 17.6. The lowest BCUT2D eigenvalue weighted by molar-refractivity contribution is -0.130. The number of fused-ring (bicyclic) bond motifs is 1. The molecule has 1 aliphatic heterocycles. The lowest BCUT2D eigenvalue weighted by Gasteiger charge is -2.37. The smallest absolute Gasteiger partial charge is 0.259 e. The first-order chi connectivity index (χ1) is 18.8. The van der Waals surface area contributed by atoms with Gasteiger partial charge in [0, 0.05) is 31.3 Å². The van der Waals surface area contributed by atoms with Crippen molar-refractivity contribution in [3.63, 3.8) is 0 Å². The lowest BCUT2D eigenvalue weighted by atomic mass is 9.99. The number of pyridine rings is 1. The number of nitrogens with zero attached hydrogens (tertiary/aromatic N) is 3. The van der Waals surface area contributed by atoms with Gasteiger partial charge in [-0.15, -0.1) is 0 Å². The molecule has 0 saturated heterocycles. The largest absolute Gasteiger partial charge is 0.472 e. The van der Waals surface area contributed by atoms with Crippen LogP contribution in [0.4, 0.5) is 4.39 Å². The second-order valence-electron chi connectivity index (χ2n) is 9.87. The maximum absolute atomic E-state index is 14.0. The van der Waals surface area contributed by atoms with Crippen LogP contribution in [0.2, 0.25) is 0 Å². The molecule has 0 fully saturated rings. The van der Waals surface area contributed by atoms with Crippen LogP contribution in [-0.2, 0) is 11.2 Å². The van der Waals surface area contributed by atoms with Gasteiger partial charge in [0.25, 0.3) is 5.91 Å². The number of aromatic nitrogens is 1. The number of likely N-dealkylation sites (N-methyl/N-ethyl adjacent to an activating group) is 1. The van der Waals surface area contributed by atoms with E-state index in [9.17, 15) is 19.1 Å². The first kappa shape index (κ1) is 27.8. The highest BCUT2D eigenvalue weighted by molar-refractivity contribution is 5.97. The van der Waals surface area contributed by atoms with Crippen molar-refractivity contribution in [1.29, 1.82) is 0 Å². The summed E-state index contributed by atoms with van der Waals surface area (Å²) in [5.41, 5.74) is 1.78. The van der Waals surface area contributed by atoms with Gasteiger partial charge in [-0.3, -0.25) is 9.59 Å². The Morgan fingerprint density at radius 3 is 2.64 bits per heavy atom. The van der Waals surface area contributed by atoms with Gasteiger partial charge in [-0.2, -0.15) is 0 Å². The molecule has 2 amide bonds. The van der Waals surface area contributed by atoms with Crippen LogP contribution >= 0.6 is 0 Å².